The van der Waals surface area contributed by atoms with Gasteiger partial charge in [0, 0.05) is 6.54 Å². The maximum Gasteiger partial charge on any atom is 0.305 e. The van der Waals surface area contributed by atoms with Crippen LogP contribution in [0.3, 0.4) is 0 Å². The molecule has 0 saturated heterocycles. The topological polar surface area (TPSA) is 90.2 Å². The Morgan fingerprint density at radius 3 is 2.76 bits per heavy atom. The van der Waals surface area contributed by atoms with Crippen LogP contribution in [0.25, 0.3) is 0 Å². The predicted molar refractivity (Wildman–Crippen MR) is 62.8 cm³/mol. The average molecular weight is 238 g/mol. The van der Waals surface area contributed by atoms with E-state index in [1.54, 1.807) is 6.08 Å². The molecule has 0 spiro atoms. The highest BCUT2D eigenvalue weighted by molar-refractivity contribution is 5.30. The fraction of sp³-hybridized carbons (Fsp3) is 0.400. The van der Waals surface area contributed by atoms with Gasteiger partial charge in [-0.1, -0.05) is 6.08 Å². The van der Waals surface area contributed by atoms with E-state index in [0.717, 1.165) is 18.8 Å². The van der Waals surface area contributed by atoms with Crippen LogP contribution in [0, 0.1) is 10.1 Å². The normalized spacial score (nSPS) is 9.88. The van der Waals surface area contributed by atoms with Gasteiger partial charge >= 0.3 is 5.69 Å². The SMILES string of the molecule is C=CCCOCCNc1ncc([N+](=O)[O-])cn1. The summed E-state index contributed by atoms with van der Waals surface area (Å²) in [6.07, 6.45) is 4.92. The summed E-state index contributed by atoms with van der Waals surface area (Å²) in [6, 6.07) is 0. The predicted octanol–water partition coefficient (Wildman–Crippen LogP) is 1.39. The van der Waals surface area contributed by atoms with Gasteiger partial charge in [0.2, 0.25) is 5.95 Å². The minimum absolute atomic E-state index is 0.127. The van der Waals surface area contributed by atoms with Crippen molar-refractivity contribution in [2.75, 3.05) is 25.1 Å². The molecule has 1 rings (SSSR count). The lowest BCUT2D eigenvalue weighted by molar-refractivity contribution is -0.385. The molecule has 0 aliphatic carbocycles. The summed E-state index contributed by atoms with van der Waals surface area (Å²) < 4.78 is 5.26. The van der Waals surface area contributed by atoms with Gasteiger partial charge in [-0.25, -0.2) is 9.97 Å². The number of anilines is 1. The van der Waals surface area contributed by atoms with Crippen molar-refractivity contribution in [3.8, 4) is 0 Å². The third kappa shape index (κ3) is 5.03. The summed E-state index contributed by atoms with van der Waals surface area (Å²) in [6.45, 7) is 5.28. The summed E-state index contributed by atoms with van der Waals surface area (Å²) in [4.78, 5) is 17.4. The van der Waals surface area contributed by atoms with E-state index >= 15 is 0 Å². The monoisotopic (exact) mass is 238 g/mol. The Bertz CT molecular complexity index is 366. The molecular formula is C10H14N4O3. The molecule has 7 nitrogen and oxygen atoms in total. The van der Waals surface area contributed by atoms with E-state index in [1.807, 2.05) is 0 Å². The minimum atomic E-state index is -0.540. The zero-order chi connectivity index (χ0) is 12.5. The van der Waals surface area contributed by atoms with E-state index < -0.39 is 4.92 Å². The maximum atomic E-state index is 10.4. The maximum absolute atomic E-state index is 10.4. The molecule has 0 atom stereocenters. The number of hydrogen-bond donors (Lipinski definition) is 1. The molecule has 0 aromatic carbocycles. The zero-order valence-corrected chi connectivity index (χ0v) is 9.33. The van der Waals surface area contributed by atoms with Crippen molar-refractivity contribution in [2.45, 2.75) is 6.42 Å². The first kappa shape index (κ1) is 13.0. The van der Waals surface area contributed by atoms with Crippen LogP contribution in [-0.2, 0) is 4.74 Å². The number of nitrogens with one attached hydrogen (secondary N) is 1. The number of nitrogens with zero attached hydrogens (tertiary/aromatic N) is 3. The fourth-order valence-corrected chi connectivity index (χ4v) is 1.01. The first-order chi connectivity index (χ1) is 8.24. The van der Waals surface area contributed by atoms with Crippen molar-refractivity contribution in [3.05, 3.63) is 35.2 Å². The van der Waals surface area contributed by atoms with E-state index in [4.69, 9.17) is 4.74 Å². The Hall–Kier alpha value is -2.02. The minimum Gasteiger partial charge on any atom is -0.379 e. The smallest absolute Gasteiger partial charge is 0.305 e. The van der Waals surface area contributed by atoms with Crippen LogP contribution in [0.15, 0.2) is 25.0 Å². The van der Waals surface area contributed by atoms with Gasteiger partial charge in [0.05, 0.1) is 18.1 Å². The van der Waals surface area contributed by atoms with Crippen molar-refractivity contribution in [1.82, 2.24) is 9.97 Å². The van der Waals surface area contributed by atoms with Gasteiger partial charge in [-0.3, -0.25) is 10.1 Å². The van der Waals surface area contributed by atoms with Crippen LogP contribution in [0.4, 0.5) is 11.6 Å². The summed E-state index contributed by atoms with van der Waals surface area (Å²) >= 11 is 0. The van der Waals surface area contributed by atoms with Crippen LogP contribution >= 0.6 is 0 Å². The van der Waals surface area contributed by atoms with Crippen LogP contribution in [0.1, 0.15) is 6.42 Å². The molecule has 17 heavy (non-hydrogen) atoms. The molecule has 0 aliphatic heterocycles. The van der Waals surface area contributed by atoms with Crippen molar-refractivity contribution >= 4 is 11.6 Å². The molecule has 0 bridgehead atoms. The first-order valence-electron chi connectivity index (χ1n) is 5.13. The van der Waals surface area contributed by atoms with Gasteiger partial charge in [-0.15, -0.1) is 6.58 Å². The van der Waals surface area contributed by atoms with E-state index in [1.165, 1.54) is 0 Å². The molecule has 92 valence electrons. The molecule has 0 fully saturated rings. The number of hydrogen-bond acceptors (Lipinski definition) is 6. The Balaban J connectivity index is 2.23. The Labute approximate surface area is 98.7 Å². The van der Waals surface area contributed by atoms with Gasteiger partial charge in [-0.05, 0) is 6.42 Å². The van der Waals surface area contributed by atoms with Crippen LogP contribution in [-0.4, -0.2) is 34.6 Å². The highest BCUT2D eigenvalue weighted by Crippen LogP contribution is 2.07. The summed E-state index contributed by atoms with van der Waals surface area (Å²) in [5.41, 5.74) is -0.127. The number of ether oxygens (including phenoxy) is 1. The first-order valence-corrected chi connectivity index (χ1v) is 5.13. The molecule has 0 aliphatic rings. The van der Waals surface area contributed by atoms with Crippen molar-refractivity contribution in [3.63, 3.8) is 0 Å². The van der Waals surface area contributed by atoms with Crippen molar-refractivity contribution in [1.29, 1.82) is 0 Å². The van der Waals surface area contributed by atoms with Gasteiger partial charge in [0.25, 0.3) is 0 Å². The van der Waals surface area contributed by atoms with E-state index in [0.29, 0.717) is 25.7 Å². The lowest BCUT2D eigenvalue weighted by atomic mass is 10.4. The molecule has 1 N–H and O–H groups in total. The van der Waals surface area contributed by atoms with Gasteiger partial charge < -0.3 is 10.1 Å². The molecule has 7 heteroatoms. The standard InChI is InChI=1S/C10H14N4O3/c1-2-3-5-17-6-4-11-10-12-7-9(8-13-10)14(15)16/h2,7-8H,1,3-6H2,(H,11,12,13). The molecule has 0 saturated carbocycles. The molecule has 1 aromatic rings. The second-order valence-corrected chi connectivity index (χ2v) is 3.14. The third-order valence-electron chi connectivity index (χ3n) is 1.84. The highest BCUT2D eigenvalue weighted by atomic mass is 16.6. The summed E-state index contributed by atoms with van der Waals surface area (Å²) in [5.74, 6) is 0.350. The van der Waals surface area contributed by atoms with Crippen LogP contribution < -0.4 is 5.32 Å². The molecular weight excluding hydrogens is 224 g/mol. The second-order valence-electron chi connectivity index (χ2n) is 3.14. The average Bonchev–Trinajstić information content (AvgIpc) is 2.34. The van der Waals surface area contributed by atoms with Crippen molar-refractivity contribution in [2.24, 2.45) is 0 Å². The third-order valence-corrected chi connectivity index (χ3v) is 1.84. The zero-order valence-electron chi connectivity index (χ0n) is 9.33. The van der Waals surface area contributed by atoms with Crippen molar-refractivity contribution < 1.29 is 9.66 Å². The van der Waals surface area contributed by atoms with Gasteiger partial charge in [0.15, 0.2) is 0 Å². The second kappa shape index (κ2) is 7.29. The summed E-state index contributed by atoms with van der Waals surface area (Å²) in [5, 5.41) is 13.2. The van der Waals surface area contributed by atoms with Gasteiger partial charge in [0.1, 0.15) is 12.4 Å². The number of rotatable bonds is 8. The molecule has 0 amide bonds. The van der Waals surface area contributed by atoms with Gasteiger partial charge in [-0.2, -0.15) is 0 Å². The lowest BCUT2D eigenvalue weighted by Crippen LogP contribution is -2.11. The largest absolute Gasteiger partial charge is 0.379 e. The number of nitro groups is 1. The Kier molecular flexibility index (Phi) is 5.59. The van der Waals surface area contributed by atoms with E-state index in [2.05, 4.69) is 21.9 Å². The van der Waals surface area contributed by atoms with Crippen LogP contribution in [0.5, 0.6) is 0 Å². The molecule has 1 heterocycles. The quantitative estimate of drug-likeness (QED) is 0.318. The van der Waals surface area contributed by atoms with E-state index in [9.17, 15) is 10.1 Å². The number of aromatic nitrogens is 2. The molecule has 0 unspecified atom stereocenters. The fourth-order valence-electron chi connectivity index (χ4n) is 1.01. The Morgan fingerprint density at radius 2 is 2.18 bits per heavy atom. The Morgan fingerprint density at radius 1 is 1.47 bits per heavy atom. The molecule has 1 aromatic heterocycles. The summed E-state index contributed by atoms with van der Waals surface area (Å²) in [7, 11) is 0. The lowest BCUT2D eigenvalue weighted by Gasteiger charge is -2.04. The molecule has 0 radical (unpaired) electrons. The highest BCUT2D eigenvalue weighted by Gasteiger charge is 2.05. The van der Waals surface area contributed by atoms with Crippen LogP contribution in [0.2, 0.25) is 0 Å². The van der Waals surface area contributed by atoms with E-state index in [-0.39, 0.29) is 5.69 Å².